The molecule has 0 fully saturated rings. The number of thioether (sulfide) groups is 1. The number of halogens is 3. The van der Waals surface area contributed by atoms with E-state index in [1.807, 2.05) is 6.92 Å². The lowest BCUT2D eigenvalue weighted by molar-refractivity contribution is -0.153. The van der Waals surface area contributed by atoms with E-state index >= 15 is 0 Å². The number of rotatable bonds is 11. The monoisotopic (exact) mass is 457 g/mol. The molecule has 11 heteroatoms. The van der Waals surface area contributed by atoms with Crippen molar-refractivity contribution in [3.63, 3.8) is 0 Å². The van der Waals surface area contributed by atoms with E-state index in [-0.39, 0.29) is 11.3 Å². The summed E-state index contributed by atoms with van der Waals surface area (Å²) in [7, 11) is 0. The predicted octanol–water partition coefficient (Wildman–Crippen LogP) is 3.80. The molecule has 1 N–H and O–H groups in total. The van der Waals surface area contributed by atoms with Gasteiger partial charge in [0.05, 0.1) is 30.9 Å². The molecule has 0 atom stereocenters. The Balaban J connectivity index is 1.77. The predicted molar refractivity (Wildman–Crippen MR) is 111 cm³/mol. The van der Waals surface area contributed by atoms with Crippen LogP contribution in [0.2, 0.25) is 0 Å². The maximum atomic E-state index is 13.0. The fraction of sp³-hybridized carbons (Fsp3) is 0.400. The first-order chi connectivity index (χ1) is 14.9. The van der Waals surface area contributed by atoms with Gasteiger partial charge in [0.25, 0.3) is 5.56 Å². The van der Waals surface area contributed by atoms with Gasteiger partial charge in [-0.2, -0.15) is 13.2 Å². The minimum absolute atomic E-state index is 0.0571. The molecule has 0 aliphatic heterocycles. The van der Waals surface area contributed by atoms with E-state index in [9.17, 15) is 18.0 Å². The quantitative estimate of drug-likeness (QED) is 0.268. The number of hydrogen-bond acceptors (Lipinski definition) is 6. The van der Waals surface area contributed by atoms with Gasteiger partial charge in [-0.3, -0.25) is 9.36 Å². The molecule has 7 nitrogen and oxygen atoms in total. The van der Waals surface area contributed by atoms with Crippen LogP contribution in [0.3, 0.4) is 0 Å². The molecule has 168 valence electrons. The summed E-state index contributed by atoms with van der Waals surface area (Å²) in [4.78, 5) is 20.5. The summed E-state index contributed by atoms with van der Waals surface area (Å²) >= 11 is 1.34. The van der Waals surface area contributed by atoms with Crippen LogP contribution in [0.1, 0.15) is 6.92 Å². The second-order valence-electron chi connectivity index (χ2n) is 6.33. The van der Waals surface area contributed by atoms with Gasteiger partial charge in [-0.05, 0) is 37.3 Å². The number of fused-ring (bicyclic) bond motifs is 1. The third kappa shape index (κ3) is 6.49. The van der Waals surface area contributed by atoms with E-state index in [0.29, 0.717) is 54.1 Å². The number of hydrogen-bond donors (Lipinski definition) is 1. The lowest BCUT2D eigenvalue weighted by atomic mass is 10.3. The average Bonchev–Trinajstić information content (AvgIpc) is 3.21. The first-order valence-electron chi connectivity index (χ1n) is 9.57. The smallest absolute Gasteiger partial charge is 0.422 e. The van der Waals surface area contributed by atoms with Crippen LogP contribution in [0.25, 0.3) is 16.7 Å². The van der Waals surface area contributed by atoms with Crippen molar-refractivity contribution >= 4 is 22.8 Å². The number of nitrogens with one attached hydrogen (secondary N) is 1. The molecule has 31 heavy (non-hydrogen) atoms. The normalized spacial score (nSPS) is 11.9. The Kier molecular flexibility index (Phi) is 7.99. The van der Waals surface area contributed by atoms with Crippen LogP contribution in [-0.4, -0.2) is 59.5 Å². The van der Waals surface area contributed by atoms with Crippen molar-refractivity contribution in [1.29, 1.82) is 0 Å². The van der Waals surface area contributed by atoms with E-state index in [4.69, 9.17) is 14.2 Å². The van der Waals surface area contributed by atoms with Crippen molar-refractivity contribution in [1.82, 2.24) is 14.5 Å². The van der Waals surface area contributed by atoms with Crippen molar-refractivity contribution in [3.8, 4) is 11.4 Å². The zero-order valence-corrected chi connectivity index (χ0v) is 17.6. The molecule has 3 aromatic rings. The average molecular weight is 457 g/mol. The standard InChI is InChI=1S/C20H22F3N3O4S/c1-2-28-9-10-29-11-12-31-19-25-17-16(7-8-24-17)18(27)26(19)14-3-5-15(6-4-14)30-13-20(21,22)23/h3-8,24H,2,9-13H2,1H3. The highest BCUT2D eigenvalue weighted by atomic mass is 32.2. The molecule has 0 unspecified atom stereocenters. The van der Waals surface area contributed by atoms with Crippen molar-refractivity contribution < 1.29 is 27.4 Å². The van der Waals surface area contributed by atoms with Crippen LogP contribution in [0.15, 0.2) is 46.5 Å². The summed E-state index contributed by atoms with van der Waals surface area (Å²) < 4.78 is 53.9. The van der Waals surface area contributed by atoms with Crippen LogP contribution in [0.4, 0.5) is 13.2 Å². The van der Waals surface area contributed by atoms with E-state index in [2.05, 4.69) is 9.97 Å². The molecule has 0 amide bonds. The third-order valence-electron chi connectivity index (χ3n) is 4.09. The lowest BCUT2D eigenvalue weighted by Crippen LogP contribution is -2.22. The zero-order chi connectivity index (χ0) is 22.3. The maximum Gasteiger partial charge on any atom is 0.422 e. The molecule has 3 rings (SSSR count). The highest BCUT2D eigenvalue weighted by molar-refractivity contribution is 7.99. The van der Waals surface area contributed by atoms with E-state index in [1.165, 1.54) is 40.6 Å². The number of aromatic nitrogens is 3. The van der Waals surface area contributed by atoms with E-state index < -0.39 is 12.8 Å². The molecule has 0 aliphatic rings. The fourth-order valence-corrected chi connectivity index (χ4v) is 3.57. The summed E-state index contributed by atoms with van der Waals surface area (Å²) in [6.45, 7) is 2.59. The largest absolute Gasteiger partial charge is 0.484 e. The topological polar surface area (TPSA) is 78.4 Å². The summed E-state index contributed by atoms with van der Waals surface area (Å²) in [5.74, 6) is 0.610. The minimum Gasteiger partial charge on any atom is -0.484 e. The Bertz CT molecular complexity index is 1030. The van der Waals surface area contributed by atoms with Crippen LogP contribution in [-0.2, 0) is 9.47 Å². The molecule has 0 radical (unpaired) electrons. The van der Waals surface area contributed by atoms with Gasteiger partial charge in [-0.1, -0.05) is 11.8 Å². The summed E-state index contributed by atoms with van der Waals surface area (Å²) in [6.07, 6.45) is -2.80. The molecular formula is C20H22F3N3O4S. The van der Waals surface area contributed by atoms with E-state index in [0.717, 1.165) is 0 Å². The lowest BCUT2D eigenvalue weighted by Gasteiger charge is -2.13. The van der Waals surface area contributed by atoms with Crippen LogP contribution in [0, 0.1) is 0 Å². The van der Waals surface area contributed by atoms with Gasteiger partial charge >= 0.3 is 6.18 Å². The zero-order valence-electron chi connectivity index (χ0n) is 16.8. The maximum absolute atomic E-state index is 13.0. The van der Waals surface area contributed by atoms with Gasteiger partial charge in [-0.25, -0.2) is 4.98 Å². The molecular weight excluding hydrogens is 435 g/mol. The SMILES string of the molecule is CCOCCOCCSc1nc2[nH]ccc2c(=O)n1-c1ccc(OCC(F)(F)F)cc1. The highest BCUT2D eigenvalue weighted by Gasteiger charge is 2.28. The van der Waals surface area contributed by atoms with Crippen molar-refractivity contribution in [2.24, 2.45) is 0 Å². The Morgan fingerprint density at radius 2 is 1.84 bits per heavy atom. The van der Waals surface area contributed by atoms with Gasteiger partial charge in [0.15, 0.2) is 11.8 Å². The molecule has 2 heterocycles. The Morgan fingerprint density at radius 3 is 2.55 bits per heavy atom. The second kappa shape index (κ2) is 10.7. The van der Waals surface area contributed by atoms with Gasteiger partial charge in [0.1, 0.15) is 11.4 Å². The van der Waals surface area contributed by atoms with Gasteiger partial charge in [0.2, 0.25) is 0 Å². The van der Waals surface area contributed by atoms with Gasteiger partial charge in [0, 0.05) is 18.6 Å². The number of nitrogens with zero attached hydrogens (tertiary/aromatic N) is 2. The molecule has 1 aromatic carbocycles. The van der Waals surface area contributed by atoms with Crippen LogP contribution < -0.4 is 10.3 Å². The first-order valence-corrected chi connectivity index (χ1v) is 10.6. The number of benzene rings is 1. The summed E-state index contributed by atoms with van der Waals surface area (Å²) in [6, 6.07) is 7.46. The van der Waals surface area contributed by atoms with Crippen molar-refractivity contribution in [2.75, 3.05) is 38.8 Å². The summed E-state index contributed by atoms with van der Waals surface area (Å²) in [5, 5.41) is 0.854. The Labute approximate surface area is 180 Å². The number of H-pyrrole nitrogens is 1. The molecule has 0 bridgehead atoms. The van der Waals surface area contributed by atoms with E-state index in [1.54, 1.807) is 12.3 Å². The minimum atomic E-state index is -4.42. The Morgan fingerprint density at radius 1 is 1.10 bits per heavy atom. The van der Waals surface area contributed by atoms with Crippen molar-refractivity contribution in [2.45, 2.75) is 18.3 Å². The van der Waals surface area contributed by atoms with Gasteiger partial charge in [-0.15, -0.1) is 0 Å². The molecule has 0 saturated heterocycles. The highest BCUT2D eigenvalue weighted by Crippen LogP contribution is 2.23. The number of ether oxygens (including phenoxy) is 3. The molecule has 0 spiro atoms. The molecule has 0 saturated carbocycles. The second-order valence-corrected chi connectivity index (χ2v) is 7.39. The van der Waals surface area contributed by atoms with Gasteiger partial charge < -0.3 is 19.2 Å². The number of alkyl halides is 3. The van der Waals surface area contributed by atoms with Crippen LogP contribution in [0.5, 0.6) is 5.75 Å². The third-order valence-corrected chi connectivity index (χ3v) is 4.99. The first kappa shape index (κ1) is 23.2. The fourth-order valence-electron chi connectivity index (χ4n) is 2.72. The number of aromatic amines is 1. The van der Waals surface area contributed by atoms with Crippen LogP contribution >= 0.6 is 11.8 Å². The van der Waals surface area contributed by atoms with Crippen molar-refractivity contribution in [3.05, 3.63) is 46.9 Å². The molecule has 2 aromatic heterocycles. The Hall–Kier alpha value is -2.50. The summed E-state index contributed by atoms with van der Waals surface area (Å²) in [5.41, 5.74) is 0.654. The molecule has 0 aliphatic carbocycles.